The maximum atomic E-state index is 12.4. The Hall–Kier alpha value is -1.88. The fourth-order valence-corrected chi connectivity index (χ4v) is 3.56. The van der Waals surface area contributed by atoms with E-state index in [0.29, 0.717) is 19.5 Å². The molecule has 1 aromatic carbocycles. The molecule has 0 aliphatic carbocycles. The SMILES string of the molecule is CN1CC(C(=O)NCC2(c3ccccc3)CCOCC2)CC1=O. The third-order valence-electron chi connectivity index (χ3n) is 5.15. The van der Waals surface area contributed by atoms with Gasteiger partial charge in [0.25, 0.3) is 0 Å². The van der Waals surface area contributed by atoms with Crippen LogP contribution in [-0.4, -0.2) is 50.1 Å². The monoisotopic (exact) mass is 316 g/mol. The van der Waals surface area contributed by atoms with Crippen LogP contribution in [0, 0.1) is 5.92 Å². The highest BCUT2D eigenvalue weighted by atomic mass is 16.5. The maximum absolute atomic E-state index is 12.4. The lowest BCUT2D eigenvalue weighted by Crippen LogP contribution is -2.46. The minimum Gasteiger partial charge on any atom is -0.381 e. The van der Waals surface area contributed by atoms with Gasteiger partial charge >= 0.3 is 0 Å². The van der Waals surface area contributed by atoms with E-state index >= 15 is 0 Å². The van der Waals surface area contributed by atoms with Crippen molar-refractivity contribution < 1.29 is 14.3 Å². The van der Waals surface area contributed by atoms with Crippen molar-refractivity contribution >= 4 is 11.8 Å². The number of benzene rings is 1. The molecule has 2 amide bonds. The largest absolute Gasteiger partial charge is 0.381 e. The summed E-state index contributed by atoms with van der Waals surface area (Å²) in [5.74, 6) is -0.182. The van der Waals surface area contributed by atoms with Crippen LogP contribution < -0.4 is 5.32 Å². The number of carbonyl (C=O) groups excluding carboxylic acids is 2. The first-order valence-corrected chi connectivity index (χ1v) is 8.26. The number of hydrogen-bond donors (Lipinski definition) is 1. The Morgan fingerprint density at radius 1 is 1.30 bits per heavy atom. The summed E-state index contributed by atoms with van der Waals surface area (Å²) in [6.07, 6.45) is 2.13. The molecule has 1 N–H and O–H groups in total. The minimum absolute atomic E-state index is 0.00972. The van der Waals surface area contributed by atoms with Crippen molar-refractivity contribution in [2.75, 3.05) is 33.4 Å². The second kappa shape index (κ2) is 6.71. The van der Waals surface area contributed by atoms with Gasteiger partial charge in [0.05, 0.1) is 5.92 Å². The molecule has 0 bridgehead atoms. The Morgan fingerprint density at radius 2 is 2.00 bits per heavy atom. The molecule has 0 radical (unpaired) electrons. The molecular formula is C18H24N2O3. The lowest BCUT2D eigenvalue weighted by molar-refractivity contribution is -0.128. The first-order valence-electron chi connectivity index (χ1n) is 8.26. The summed E-state index contributed by atoms with van der Waals surface area (Å²) in [7, 11) is 1.75. The summed E-state index contributed by atoms with van der Waals surface area (Å²) >= 11 is 0. The number of carbonyl (C=O) groups is 2. The Morgan fingerprint density at radius 3 is 2.61 bits per heavy atom. The van der Waals surface area contributed by atoms with Gasteiger partial charge in [0.15, 0.2) is 0 Å². The van der Waals surface area contributed by atoms with E-state index in [0.717, 1.165) is 26.1 Å². The molecule has 2 fully saturated rings. The standard InChI is InChI=1S/C18H24N2O3/c1-20-12-14(11-16(20)21)17(22)19-13-18(7-9-23-10-8-18)15-5-3-2-4-6-15/h2-6,14H,7-13H2,1H3,(H,19,22). The smallest absolute Gasteiger partial charge is 0.225 e. The summed E-state index contributed by atoms with van der Waals surface area (Å²) < 4.78 is 5.52. The molecule has 3 rings (SSSR count). The first-order chi connectivity index (χ1) is 11.1. The highest BCUT2D eigenvalue weighted by Crippen LogP contribution is 2.34. The van der Waals surface area contributed by atoms with Gasteiger partial charge in [0.2, 0.25) is 11.8 Å². The van der Waals surface area contributed by atoms with Crippen LogP contribution in [0.3, 0.4) is 0 Å². The predicted molar refractivity (Wildman–Crippen MR) is 86.9 cm³/mol. The van der Waals surface area contributed by atoms with E-state index in [1.165, 1.54) is 5.56 Å². The molecule has 2 saturated heterocycles. The van der Waals surface area contributed by atoms with Crippen molar-refractivity contribution in [2.45, 2.75) is 24.7 Å². The van der Waals surface area contributed by atoms with E-state index in [1.54, 1.807) is 11.9 Å². The van der Waals surface area contributed by atoms with Gasteiger partial charge in [-0.1, -0.05) is 30.3 Å². The molecule has 2 heterocycles. The van der Waals surface area contributed by atoms with Crippen LogP contribution in [0.4, 0.5) is 0 Å². The van der Waals surface area contributed by atoms with E-state index in [4.69, 9.17) is 4.74 Å². The van der Waals surface area contributed by atoms with Crippen LogP contribution in [0.5, 0.6) is 0 Å². The van der Waals surface area contributed by atoms with Crippen molar-refractivity contribution in [2.24, 2.45) is 5.92 Å². The predicted octanol–water partition coefficient (Wildman–Crippen LogP) is 1.33. The van der Waals surface area contributed by atoms with Crippen LogP contribution in [0.2, 0.25) is 0 Å². The molecule has 5 heteroatoms. The second-order valence-electron chi connectivity index (χ2n) is 6.65. The highest BCUT2D eigenvalue weighted by Gasteiger charge is 2.37. The molecule has 1 aromatic rings. The molecule has 1 atom stereocenters. The zero-order chi connectivity index (χ0) is 16.3. The Bertz CT molecular complexity index is 567. The van der Waals surface area contributed by atoms with Crippen molar-refractivity contribution in [3.63, 3.8) is 0 Å². The minimum atomic E-state index is -0.222. The fourth-order valence-electron chi connectivity index (χ4n) is 3.56. The lowest BCUT2D eigenvalue weighted by atomic mass is 9.74. The molecule has 0 aromatic heterocycles. The van der Waals surface area contributed by atoms with Crippen LogP contribution in [-0.2, 0) is 19.7 Å². The van der Waals surface area contributed by atoms with E-state index in [2.05, 4.69) is 17.4 Å². The molecule has 0 spiro atoms. The number of nitrogens with zero attached hydrogens (tertiary/aromatic N) is 1. The molecule has 0 saturated carbocycles. The molecule has 5 nitrogen and oxygen atoms in total. The number of ether oxygens (including phenoxy) is 1. The summed E-state index contributed by atoms with van der Waals surface area (Å²) in [5.41, 5.74) is 1.19. The van der Waals surface area contributed by atoms with Crippen molar-refractivity contribution in [1.29, 1.82) is 0 Å². The van der Waals surface area contributed by atoms with Gasteiger partial charge in [-0.05, 0) is 18.4 Å². The van der Waals surface area contributed by atoms with Crippen molar-refractivity contribution in [3.05, 3.63) is 35.9 Å². The van der Waals surface area contributed by atoms with Crippen LogP contribution in [0.1, 0.15) is 24.8 Å². The van der Waals surface area contributed by atoms with Gasteiger partial charge in [-0.2, -0.15) is 0 Å². The molecular weight excluding hydrogens is 292 g/mol. The highest BCUT2D eigenvalue weighted by molar-refractivity contribution is 5.89. The van der Waals surface area contributed by atoms with Gasteiger partial charge in [-0.3, -0.25) is 9.59 Å². The van der Waals surface area contributed by atoms with Gasteiger partial charge in [0, 0.05) is 45.2 Å². The van der Waals surface area contributed by atoms with Crippen LogP contribution in [0.25, 0.3) is 0 Å². The molecule has 2 aliphatic rings. The molecule has 23 heavy (non-hydrogen) atoms. The third kappa shape index (κ3) is 3.39. The van der Waals surface area contributed by atoms with Gasteiger partial charge in [0.1, 0.15) is 0 Å². The number of hydrogen-bond acceptors (Lipinski definition) is 3. The fraction of sp³-hybridized carbons (Fsp3) is 0.556. The lowest BCUT2D eigenvalue weighted by Gasteiger charge is -2.38. The quantitative estimate of drug-likeness (QED) is 0.912. The van der Waals surface area contributed by atoms with E-state index in [-0.39, 0.29) is 23.1 Å². The Balaban J connectivity index is 1.68. The van der Waals surface area contributed by atoms with Crippen molar-refractivity contribution in [1.82, 2.24) is 10.2 Å². The second-order valence-corrected chi connectivity index (χ2v) is 6.65. The summed E-state index contributed by atoms with van der Waals surface area (Å²) in [4.78, 5) is 25.7. The molecule has 1 unspecified atom stereocenters. The summed E-state index contributed by atoms with van der Waals surface area (Å²) in [6.45, 7) is 2.56. The van der Waals surface area contributed by atoms with Crippen molar-refractivity contribution in [3.8, 4) is 0 Å². The van der Waals surface area contributed by atoms with E-state index in [1.807, 2.05) is 18.2 Å². The van der Waals surface area contributed by atoms with Crippen LogP contribution >= 0.6 is 0 Å². The maximum Gasteiger partial charge on any atom is 0.225 e. The van der Waals surface area contributed by atoms with Gasteiger partial charge in [-0.25, -0.2) is 0 Å². The Labute approximate surface area is 137 Å². The zero-order valence-corrected chi connectivity index (χ0v) is 13.6. The number of amides is 2. The Kier molecular flexibility index (Phi) is 4.66. The summed E-state index contributed by atoms with van der Waals surface area (Å²) in [5, 5.41) is 3.10. The normalized spacial score (nSPS) is 23.8. The van der Waals surface area contributed by atoms with E-state index in [9.17, 15) is 9.59 Å². The zero-order valence-electron chi connectivity index (χ0n) is 13.6. The third-order valence-corrected chi connectivity index (χ3v) is 5.15. The number of likely N-dealkylation sites (tertiary alicyclic amines) is 1. The molecule has 2 aliphatic heterocycles. The number of nitrogens with one attached hydrogen (secondary N) is 1. The van der Waals surface area contributed by atoms with E-state index < -0.39 is 0 Å². The van der Waals surface area contributed by atoms with Gasteiger partial charge < -0.3 is 15.0 Å². The van der Waals surface area contributed by atoms with Gasteiger partial charge in [-0.15, -0.1) is 0 Å². The summed E-state index contributed by atoms with van der Waals surface area (Å²) in [6, 6.07) is 10.3. The molecule has 124 valence electrons. The topological polar surface area (TPSA) is 58.6 Å². The average Bonchev–Trinajstić information content (AvgIpc) is 2.93. The van der Waals surface area contributed by atoms with Crippen LogP contribution in [0.15, 0.2) is 30.3 Å². The number of rotatable bonds is 4. The first kappa shape index (κ1) is 16.0. The average molecular weight is 316 g/mol.